The molecule has 11 heteroatoms. The molecule has 0 aromatic heterocycles. The second-order valence-corrected chi connectivity index (χ2v) is 2.20. The molecule has 0 aromatic rings. The molecular formula is CB4F6O. The Morgan fingerprint density at radius 3 is 1.08 bits per heavy atom. The summed E-state index contributed by atoms with van der Waals surface area (Å²) >= 11 is 0. The highest BCUT2D eigenvalue weighted by Crippen LogP contribution is 2.18. The summed E-state index contributed by atoms with van der Waals surface area (Å²) in [6, 6.07) is 0. The van der Waals surface area contributed by atoms with Crippen LogP contribution in [0.3, 0.4) is 0 Å². The van der Waals surface area contributed by atoms with Gasteiger partial charge in [0.25, 0.3) is 0 Å². The van der Waals surface area contributed by atoms with Gasteiger partial charge in [-0.3, -0.25) is 0 Å². The number of hydrogen-bond acceptors (Lipinski definition) is 1. The Labute approximate surface area is 65.3 Å². The lowest BCUT2D eigenvalue weighted by molar-refractivity contribution is 0.566. The predicted molar refractivity (Wildman–Crippen MR) is 35.4 cm³/mol. The van der Waals surface area contributed by atoms with Crippen LogP contribution < -0.4 is 0 Å². The molecule has 0 N–H and O–H groups in total. The van der Waals surface area contributed by atoms with Gasteiger partial charge in [0, 0.05) is 0 Å². The Morgan fingerprint density at radius 2 is 1.08 bits per heavy atom. The Bertz CT molecular complexity index is 138. The molecule has 64 valence electrons. The molecule has 12 heavy (non-hydrogen) atoms. The second-order valence-electron chi connectivity index (χ2n) is 2.20. The van der Waals surface area contributed by atoms with E-state index in [0.717, 1.165) is 0 Å². The van der Waals surface area contributed by atoms with E-state index in [4.69, 9.17) is 0 Å². The van der Waals surface area contributed by atoms with Gasteiger partial charge in [-0.05, 0) is 0 Å². The zero-order valence-corrected chi connectivity index (χ0v) is 5.49. The zero-order chi connectivity index (χ0) is 9.94. The molecule has 0 rings (SSSR count). The highest BCUT2D eigenvalue weighted by molar-refractivity contribution is 7.82. The molecule has 0 aliphatic carbocycles. The molecule has 0 bridgehead atoms. The van der Waals surface area contributed by atoms with Crippen LogP contribution in [0.25, 0.3) is 0 Å². The van der Waals surface area contributed by atoms with Crippen molar-refractivity contribution in [3.8, 4) is 0 Å². The SMILES string of the molecule is O=[C+][B-](B(F)F)(B(F)F)B(F)F. The molecule has 0 spiro atoms. The third-order valence-electron chi connectivity index (χ3n) is 1.45. The lowest BCUT2D eigenvalue weighted by Gasteiger charge is -2.10. The molecule has 1 nitrogen and oxygen atoms in total. The maximum atomic E-state index is 11.7. The van der Waals surface area contributed by atoms with Gasteiger partial charge in [-0.2, -0.15) is 0 Å². The normalized spacial score (nSPS) is 10.5. The Morgan fingerprint density at radius 1 is 0.833 bits per heavy atom. The summed E-state index contributed by atoms with van der Waals surface area (Å²) in [5, 5.41) is 0. The van der Waals surface area contributed by atoms with Crippen LogP contribution in [0.5, 0.6) is 0 Å². The van der Waals surface area contributed by atoms with Gasteiger partial charge < -0.3 is 25.9 Å². The maximum absolute atomic E-state index is 11.7. The van der Waals surface area contributed by atoms with Crippen molar-refractivity contribution in [2.75, 3.05) is 0 Å². The average molecular weight is 185 g/mol. The minimum atomic E-state index is -4.96. The van der Waals surface area contributed by atoms with E-state index in [-0.39, 0.29) is 6.19 Å². The average Bonchev–Trinajstić information content (AvgIpc) is 1.86. The van der Waals surface area contributed by atoms with Crippen molar-refractivity contribution < 1.29 is 30.7 Å². The monoisotopic (exact) mass is 186 g/mol. The standard InChI is InChI=1S/CB4F6O/c6-2(7)5(1-12,3(8)9)4(10)11. The van der Waals surface area contributed by atoms with Crippen LogP contribution in [0.2, 0.25) is 0 Å². The van der Waals surface area contributed by atoms with E-state index in [0.29, 0.717) is 0 Å². The fourth-order valence-electron chi connectivity index (χ4n) is 0.484. The number of hydrogen-bond donors (Lipinski definition) is 0. The predicted octanol–water partition coefficient (Wildman–Crippen LogP) is 0.601. The van der Waals surface area contributed by atoms with Gasteiger partial charge in [0.05, 0.1) is 0 Å². The minimum Gasteiger partial charge on any atom is -0.330 e. The third-order valence-corrected chi connectivity index (χ3v) is 1.45. The van der Waals surface area contributed by atoms with E-state index >= 15 is 0 Å². The van der Waals surface area contributed by atoms with Crippen molar-refractivity contribution in [2.24, 2.45) is 0 Å². The lowest BCUT2D eigenvalue weighted by atomic mass is 8.82. The summed E-state index contributed by atoms with van der Waals surface area (Å²) in [5.41, 5.74) is 0. The van der Waals surface area contributed by atoms with Crippen LogP contribution in [-0.2, 0) is 4.79 Å². The number of carbonyl (C=O) groups excluding carboxylic acids is 1. The highest BCUT2D eigenvalue weighted by Gasteiger charge is 2.74. The molecule has 0 amide bonds. The second kappa shape index (κ2) is 3.89. The summed E-state index contributed by atoms with van der Waals surface area (Å²) in [4.78, 5) is 9.61. The molecule has 0 saturated carbocycles. The van der Waals surface area contributed by atoms with E-state index < -0.39 is 27.3 Å². The minimum absolute atomic E-state index is 0.0764. The van der Waals surface area contributed by atoms with E-state index in [2.05, 4.69) is 0 Å². The van der Waals surface area contributed by atoms with E-state index in [1.165, 1.54) is 0 Å². The van der Waals surface area contributed by atoms with Gasteiger partial charge in [0.1, 0.15) is 0 Å². The quantitative estimate of drug-likeness (QED) is 0.356. The molecule has 0 atom stereocenters. The molecule has 0 saturated heterocycles. The number of rotatable bonds is 4. The van der Waals surface area contributed by atoms with Crippen molar-refractivity contribution in [1.29, 1.82) is 0 Å². The molecule has 0 aliphatic heterocycles. The molecule has 0 fully saturated rings. The van der Waals surface area contributed by atoms with Crippen LogP contribution in [0.1, 0.15) is 0 Å². The molecule has 0 aliphatic rings. The maximum Gasteiger partial charge on any atom is 0.487 e. The van der Waals surface area contributed by atoms with Gasteiger partial charge in [0.2, 0.25) is 6.19 Å². The molecule has 0 heterocycles. The van der Waals surface area contributed by atoms with Crippen molar-refractivity contribution >= 4 is 33.5 Å². The van der Waals surface area contributed by atoms with Crippen LogP contribution >= 0.6 is 0 Å². The first-order valence-electron chi connectivity index (χ1n) is 2.80. The van der Waals surface area contributed by atoms with Crippen LogP contribution in [0.4, 0.5) is 25.9 Å². The van der Waals surface area contributed by atoms with Crippen molar-refractivity contribution in [3.05, 3.63) is 0 Å². The molecule has 0 unspecified atom stereocenters. The van der Waals surface area contributed by atoms with Crippen LogP contribution in [-0.4, -0.2) is 33.5 Å². The van der Waals surface area contributed by atoms with Crippen molar-refractivity contribution in [3.63, 3.8) is 0 Å². The first-order valence-corrected chi connectivity index (χ1v) is 2.80. The molecular weight excluding hydrogens is 185 g/mol. The van der Waals surface area contributed by atoms with Gasteiger partial charge >= 0.3 is 27.3 Å². The van der Waals surface area contributed by atoms with E-state index in [1.807, 2.05) is 0 Å². The topological polar surface area (TPSA) is 17.1 Å². The fourth-order valence-corrected chi connectivity index (χ4v) is 0.484. The fraction of sp³-hybridized carbons (Fsp3) is 0. The third kappa shape index (κ3) is 1.60. The number of halogens is 6. The summed E-state index contributed by atoms with van der Waals surface area (Å²) in [7, 11) is -12.2. The van der Waals surface area contributed by atoms with Gasteiger partial charge in [0.15, 0.2) is 0 Å². The summed E-state index contributed by atoms with van der Waals surface area (Å²) in [5.74, 6) is -4.96. The van der Waals surface area contributed by atoms with E-state index in [9.17, 15) is 30.7 Å². The first-order chi connectivity index (χ1) is 5.39. The van der Waals surface area contributed by atoms with Gasteiger partial charge in [-0.15, -0.1) is 0 Å². The lowest BCUT2D eigenvalue weighted by Crippen LogP contribution is -2.67. The Balaban J connectivity index is 4.89. The molecule has 0 aromatic carbocycles. The Hall–Kier alpha value is -0.580. The summed E-state index contributed by atoms with van der Waals surface area (Å²) < 4.78 is 70.0. The van der Waals surface area contributed by atoms with Gasteiger partial charge in [-0.25, -0.2) is 0 Å². The first kappa shape index (κ1) is 11.4. The van der Waals surface area contributed by atoms with E-state index in [1.54, 1.807) is 0 Å². The van der Waals surface area contributed by atoms with Crippen molar-refractivity contribution in [1.82, 2.24) is 0 Å². The highest BCUT2D eigenvalue weighted by atomic mass is 19.3. The summed E-state index contributed by atoms with van der Waals surface area (Å²) in [6.07, 6.45) is 0.0764. The van der Waals surface area contributed by atoms with Crippen LogP contribution in [0.15, 0.2) is 0 Å². The largest absolute Gasteiger partial charge is 0.487 e. The van der Waals surface area contributed by atoms with Gasteiger partial charge in [-0.1, -0.05) is 4.79 Å². The summed E-state index contributed by atoms with van der Waals surface area (Å²) in [6.45, 7) is 0. The van der Waals surface area contributed by atoms with Crippen molar-refractivity contribution in [2.45, 2.75) is 0 Å². The zero-order valence-electron chi connectivity index (χ0n) is 5.49. The van der Waals surface area contributed by atoms with Crippen LogP contribution in [0, 0.1) is 0 Å². The molecule has 0 radical (unpaired) electrons. The smallest absolute Gasteiger partial charge is 0.330 e. The Kier molecular flexibility index (Phi) is 3.70.